The third-order valence-electron chi connectivity index (χ3n) is 3.77. The number of nitrogens with one attached hydrogen (secondary N) is 2. The van der Waals surface area contributed by atoms with Gasteiger partial charge in [0.25, 0.3) is 0 Å². The maximum absolute atomic E-state index is 12.6. The molecule has 0 saturated heterocycles. The minimum absolute atomic E-state index is 0.00252. The summed E-state index contributed by atoms with van der Waals surface area (Å²) >= 11 is 1.68. The summed E-state index contributed by atoms with van der Waals surface area (Å²) in [7, 11) is 0. The number of thioether (sulfide) groups is 1. The number of hydrogen-bond acceptors (Lipinski definition) is 6. The number of ether oxygens (including phenoxy) is 2. The number of aromatic hydroxyl groups is 1. The Morgan fingerprint density at radius 1 is 1.35 bits per heavy atom. The van der Waals surface area contributed by atoms with E-state index >= 15 is 0 Å². The summed E-state index contributed by atoms with van der Waals surface area (Å²) in [5, 5.41) is 15.2. The topological polar surface area (TPSA) is 96.9 Å². The lowest BCUT2D eigenvalue weighted by Crippen LogP contribution is -2.45. The van der Waals surface area contributed by atoms with Gasteiger partial charge < -0.3 is 25.2 Å². The van der Waals surface area contributed by atoms with Gasteiger partial charge in [-0.25, -0.2) is 9.59 Å². The first kappa shape index (κ1) is 20.0. The average molecular weight is 380 g/mol. The second-order valence-corrected chi connectivity index (χ2v) is 6.96. The summed E-state index contributed by atoms with van der Waals surface area (Å²) in [5.41, 5.74) is 1.40. The Balaban J connectivity index is 2.29. The lowest BCUT2D eigenvalue weighted by atomic mass is 9.95. The van der Waals surface area contributed by atoms with Crippen molar-refractivity contribution < 1.29 is 24.2 Å². The standard InChI is InChI=1S/C18H24N2O5S/c1-4-24-14-10-12(6-7-13(14)21)16-15(11(3)19-18(23)20-16)17(22)25-8-9-26-5-2/h6-7,10,16,21H,4-5,8-9H2,1-3H3,(H2,19,20,23)/t16-/m0/s1. The van der Waals surface area contributed by atoms with Crippen molar-refractivity contribution >= 4 is 23.8 Å². The molecule has 0 bridgehead atoms. The molecule has 1 aliphatic heterocycles. The van der Waals surface area contributed by atoms with E-state index in [2.05, 4.69) is 10.6 Å². The molecule has 142 valence electrons. The Morgan fingerprint density at radius 2 is 2.12 bits per heavy atom. The van der Waals surface area contributed by atoms with E-state index in [0.717, 1.165) is 5.75 Å². The molecule has 2 rings (SSSR count). The number of carbonyl (C=O) groups is 2. The first-order valence-electron chi connectivity index (χ1n) is 8.46. The number of carbonyl (C=O) groups excluding carboxylic acids is 2. The van der Waals surface area contributed by atoms with Crippen LogP contribution in [0.3, 0.4) is 0 Å². The van der Waals surface area contributed by atoms with Crippen LogP contribution in [0, 0.1) is 0 Å². The predicted molar refractivity (Wildman–Crippen MR) is 100 cm³/mol. The molecular weight excluding hydrogens is 356 g/mol. The van der Waals surface area contributed by atoms with Crippen LogP contribution in [0.2, 0.25) is 0 Å². The van der Waals surface area contributed by atoms with E-state index in [-0.39, 0.29) is 5.75 Å². The molecule has 0 saturated carbocycles. The summed E-state index contributed by atoms with van der Waals surface area (Å²) in [6.45, 7) is 6.19. The van der Waals surface area contributed by atoms with E-state index in [4.69, 9.17) is 9.47 Å². The number of amides is 2. The van der Waals surface area contributed by atoms with Crippen molar-refractivity contribution in [3.05, 3.63) is 35.0 Å². The van der Waals surface area contributed by atoms with E-state index in [1.807, 2.05) is 6.92 Å². The lowest BCUT2D eigenvalue weighted by Gasteiger charge is -2.28. The van der Waals surface area contributed by atoms with Gasteiger partial charge in [-0.1, -0.05) is 13.0 Å². The minimum atomic E-state index is -0.685. The van der Waals surface area contributed by atoms with Crippen molar-refractivity contribution in [3.63, 3.8) is 0 Å². The fraction of sp³-hybridized carbons (Fsp3) is 0.444. The van der Waals surface area contributed by atoms with E-state index in [1.54, 1.807) is 37.7 Å². The molecule has 0 aliphatic carbocycles. The molecule has 1 aromatic rings. The van der Waals surface area contributed by atoms with Gasteiger partial charge in [0.15, 0.2) is 11.5 Å². The Hall–Kier alpha value is -2.35. The van der Waals surface area contributed by atoms with Crippen LogP contribution in [0.4, 0.5) is 4.79 Å². The Kier molecular flexibility index (Phi) is 7.20. The maximum atomic E-state index is 12.6. The predicted octanol–water partition coefficient (Wildman–Crippen LogP) is 2.72. The molecule has 0 spiro atoms. The highest BCUT2D eigenvalue weighted by Gasteiger charge is 2.32. The van der Waals surface area contributed by atoms with Crippen LogP contribution >= 0.6 is 11.8 Å². The molecule has 8 heteroatoms. The van der Waals surface area contributed by atoms with E-state index < -0.39 is 18.0 Å². The normalized spacial score (nSPS) is 16.7. The third kappa shape index (κ3) is 4.85. The lowest BCUT2D eigenvalue weighted by molar-refractivity contribution is -0.138. The second-order valence-electron chi connectivity index (χ2n) is 5.56. The number of benzene rings is 1. The van der Waals surface area contributed by atoms with Crippen LogP contribution in [0.15, 0.2) is 29.5 Å². The van der Waals surface area contributed by atoms with Crippen LogP contribution in [0.5, 0.6) is 11.5 Å². The molecule has 26 heavy (non-hydrogen) atoms. The van der Waals surface area contributed by atoms with Gasteiger partial charge in [-0.15, -0.1) is 0 Å². The highest BCUT2D eigenvalue weighted by molar-refractivity contribution is 7.99. The summed E-state index contributed by atoms with van der Waals surface area (Å²) in [5.74, 6) is 1.47. The zero-order valence-corrected chi connectivity index (χ0v) is 15.9. The summed E-state index contributed by atoms with van der Waals surface area (Å²) < 4.78 is 10.7. The number of allylic oxidation sites excluding steroid dienone is 1. The van der Waals surface area contributed by atoms with E-state index in [1.165, 1.54) is 6.07 Å². The van der Waals surface area contributed by atoms with E-state index in [9.17, 15) is 14.7 Å². The molecule has 2 amide bonds. The van der Waals surface area contributed by atoms with Gasteiger partial charge in [0.1, 0.15) is 6.61 Å². The molecule has 0 aromatic heterocycles. The first-order chi connectivity index (χ1) is 12.5. The Labute approximate surface area is 157 Å². The molecule has 1 heterocycles. The molecular formula is C18H24N2O5S. The Morgan fingerprint density at radius 3 is 2.81 bits per heavy atom. The van der Waals surface area contributed by atoms with Crippen molar-refractivity contribution in [3.8, 4) is 11.5 Å². The molecule has 1 aliphatic rings. The summed E-state index contributed by atoms with van der Waals surface area (Å²) in [4.78, 5) is 24.5. The minimum Gasteiger partial charge on any atom is -0.504 e. The Bertz CT molecular complexity index is 705. The average Bonchev–Trinajstić information content (AvgIpc) is 2.60. The third-order valence-corrected chi connectivity index (χ3v) is 4.63. The number of phenols is 1. The first-order valence-corrected chi connectivity index (χ1v) is 9.62. The maximum Gasteiger partial charge on any atom is 0.338 e. The number of phenolic OH excluding ortho intramolecular Hbond substituents is 1. The van der Waals surface area contributed by atoms with Crippen LogP contribution in [-0.2, 0) is 9.53 Å². The van der Waals surface area contributed by atoms with Gasteiger partial charge in [-0.3, -0.25) is 0 Å². The van der Waals surface area contributed by atoms with Gasteiger partial charge in [-0.2, -0.15) is 11.8 Å². The molecule has 0 fully saturated rings. The van der Waals surface area contributed by atoms with Gasteiger partial charge in [-0.05, 0) is 37.3 Å². The fourth-order valence-electron chi connectivity index (χ4n) is 2.61. The molecule has 1 aromatic carbocycles. The molecule has 1 atom stereocenters. The monoisotopic (exact) mass is 380 g/mol. The smallest absolute Gasteiger partial charge is 0.338 e. The van der Waals surface area contributed by atoms with Gasteiger partial charge >= 0.3 is 12.0 Å². The SMILES string of the molecule is CCOc1cc([C@@H]2NC(=O)NC(C)=C2C(=O)OCCSCC)ccc1O. The number of esters is 1. The number of rotatable bonds is 8. The molecule has 3 N–H and O–H groups in total. The summed E-state index contributed by atoms with van der Waals surface area (Å²) in [6.07, 6.45) is 0. The number of hydrogen-bond donors (Lipinski definition) is 3. The van der Waals surface area contributed by atoms with Crippen LogP contribution in [0.25, 0.3) is 0 Å². The van der Waals surface area contributed by atoms with Crippen molar-refractivity contribution in [2.24, 2.45) is 0 Å². The largest absolute Gasteiger partial charge is 0.504 e. The number of urea groups is 1. The highest BCUT2D eigenvalue weighted by atomic mass is 32.2. The van der Waals surface area contributed by atoms with Crippen molar-refractivity contribution in [2.45, 2.75) is 26.8 Å². The van der Waals surface area contributed by atoms with Crippen molar-refractivity contribution in [2.75, 3.05) is 24.7 Å². The highest BCUT2D eigenvalue weighted by Crippen LogP contribution is 2.34. The second kappa shape index (κ2) is 9.38. The van der Waals surface area contributed by atoms with Crippen LogP contribution in [-0.4, -0.2) is 41.8 Å². The van der Waals surface area contributed by atoms with Crippen LogP contribution in [0.1, 0.15) is 32.4 Å². The molecule has 0 unspecified atom stereocenters. The van der Waals surface area contributed by atoms with Gasteiger partial charge in [0.2, 0.25) is 0 Å². The van der Waals surface area contributed by atoms with Crippen LogP contribution < -0.4 is 15.4 Å². The van der Waals surface area contributed by atoms with Crippen molar-refractivity contribution in [1.29, 1.82) is 0 Å². The zero-order chi connectivity index (χ0) is 19.1. The summed E-state index contributed by atoms with van der Waals surface area (Å²) in [6, 6.07) is 3.64. The molecule has 7 nitrogen and oxygen atoms in total. The fourth-order valence-corrected chi connectivity index (χ4v) is 3.10. The van der Waals surface area contributed by atoms with Gasteiger partial charge in [0.05, 0.1) is 18.2 Å². The zero-order valence-electron chi connectivity index (χ0n) is 15.1. The van der Waals surface area contributed by atoms with Crippen molar-refractivity contribution in [1.82, 2.24) is 10.6 Å². The quantitative estimate of drug-likeness (QED) is 0.474. The van der Waals surface area contributed by atoms with E-state index in [0.29, 0.717) is 41.5 Å². The van der Waals surface area contributed by atoms with Gasteiger partial charge in [0, 0.05) is 11.4 Å². The molecule has 0 radical (unpaired) electrons.